The van der Waals surface area contributed by atoms with Gasteiger partial charge in [-0.25, -0.2) is 9.97 Å². The lowest BCUT2D eigenvalue weighted by atomic mass is 10.2. The van der Waals surface area contributed by atoms with E-state index in [9.17, 15) is 0 Å². The molecule has 0 aliphatic carbocycles. The summed E-state index contributed by atoms with van der Waals surface area (Å²) in [7, 11) is 0. The van der Waals surface area contributed by atoms with Gasteiger partial charge in [0.15, 0.2) is 5.13 Å². The number of nitrogens with one attached hydrogen (secondary N) is 1. The smallest absolute Gasteiger partial charge is 0.183 e. The van der Waals surface area contributed by atoms with E-state index in [0.29, 0.717) is 0 Å². The fraction of sp³-hybridized carbons (Fsp3) is 0.467. The topological polar surface area (TPSA) is 41.1 Å². The fourth-order valence-corrected chi connectivity index (χ4v) is 3.21. The summed E-state index contributed by atoms with van der Waals surface area (Å²) in [5, 5.41) is 4.37. The normalized spacial score (nSPS) is 14.8. The standard InChI is InChI=1S/C15H20N4S/c1-11-7-13(10-17-15-16-9-12(2)20-15)8-14(18-11)19-5-3-4-6-19/h7-9H,3-6,10H2,1-2H3,(H,16,17). The number of aryl methyl sites for hydroxylation is 2. The third-order valence-electron chi connectivity index (χ3n) is 3.49. The monoisotopic (exact) mass is 288 g/mol. The van der Waals surface area contributed by atoms with Crippen LogP contribution in [0.25, 0.3) is 0 Å². The van der Waals surface area contributed by atoms with Gasteiger partial charge in [0.1, 0.15) is 5.82 Å². The number of thiazole rings is 1. The van der Waals surface area contributed by atoms with Crippen molar-refractivity contribution in [2.45, 2.75) is 33.2 Å². The Kier molecular flexibility index (Phi) is 3.87. The summed E-state index contributed by atoms with van der Waals surface area (Å²) in [4.78, 5) is 12.6. The number of nitrogens with zero attached hydrogens (tertiary/aromatic N) is 3. The highest BCUT2D eigenvalue weighted by Crippen LogP contribution is 2.21. The molecule has 1 fully saturated rings. The van der Waals surface area contributed by atoms with Crippen molar-refractivity contribution in [3.8, 4) is 0 Å². The van der Waals surface area contributed by atoms with E-state index in [2.05, 4.69) is 46.2 Å². The van der Waals surface area contributed by atoms with Crippen LogP contribution in [0, 0.1) is 13.8 Å². The zero-order chi connectivity index (χ0) is 13.9. The van der Waals surface area contributed by atoms with Gasteiger partial charge in [-0.05, 0) is 44.4 Å². The van der Waals surface area contributed by atoms with Gasteiger partial charge in [0.25, 0.3) is 0 Å². The SMILES string of the molecule is Cc1cc(CNc2ncc(C)s2)cc(N2CCCC2)n1. The Morgan fingerprint density at radius 1 is 1.25 bits per heavy atom. The molecule has 1 aliphatic rings. The first-order chi connectivity index (χ1) is 9.70. The highest BCUT2D eigenvalue weighted by atomic mass is 32.1. The lowest BCUT2D eigenvalue weighted by molar-refractivity contribution is 0.922. The van der Waals surface area contributed by atoms with Gasteiger partial charge in [-0.15, -0.1) is 11.3 Å². The molecule has 2 aromatic heterocycles. The zero-order valence-electron chi connectivity index (χ0n) is 12.0. The van der Waals surface area contributed by atoms with E-state index in [1.165, 1.54) is 23.3 Å². The van der Waals surface area contributed by atoms with Gasteiger partial charge >= 0.3 is 0 Å². The maximum Gasteiger partial charge on any atom is 0.183 e. The van der Waals surface area contributed by atoms with Gasteiger partial charge in [0, 0.05) is 36.4 Å². The van der Waals surface area contributed by atoms with Crippen LogP contribution in [-0.4, -0.2) is 23.1 Å². The molecule has 4 nitrogen and oxygen atoms in total. The van der Waals surface area contributed by atoms with Crippen LogP contribution in [0.2, 0.25) is 0 Å². The summed E-state index contributed by atoms with van der Waals surface area (Å²) in [6.07, 6.45) is 4.46. The van der Waals surface area contributed by atoms with E-state index in [1.54, 1.807) is 11.3 Å². The lowest BCUT2D eigenvalue weighted by Crippen LogP contribution is -2.19. The molecule has 0 atom stereocenters. The van der Waals surface area contributed by atoms with E-state index in [4.69, 9.17) is 0 Å². The summed E-state index contributed by atoms with van der Waals surface area (Å²) in [6.45, 7) is 7.21. The molecule has 0 bridgehead atoms. The minimum Gasteiger partial charge on any atom is -0.357 e. The summed E-state index contributed by atoms with van der Waals surface area (Å²) in [5.74, 6) is 1.12. The highest BCUT2D eigenvalue weighted by Gasteiger charge is 2.14. The first-order valence-corrected chi connectivity index (χ1v) is 7.91. The average Bonchev–Trinajstić information content (AvgIpc) is 3.07. The summed E-state index contributed by atoms with van der Waals surface area (Å²) < 4.78 is 0. The first-order valence-electron chi connectivity index (χ1n) is 7.09. The molecule has 0 spiro atoms. The second-order valence-corrected chi connectivity index (χ2v) is 6.53. The Bertz CT molecular complexity index is 587. The summed E-state index contributed by atoms with van der Waals surface area (Å²) in [5.41, 5.74) is 2.36. The van der Waals surface area contributed by atoms with Crippen LogP contribution in [0.3, 0.4) is 0 Å². The molecule has 0 unspecified atom stereocenters. The van der Waals surface area contributed by atoms with E-state index in [1.807, 2.05) is 6.20 Å². The van der Waals surface area contributed by atoms with Crippen molar-refractivity contribution in [2.75, 3.05) is 23.3 Å². The molecule has 0 radical (unpaired) electrons. The third kappa shape index (κ3) is 3.10. The quantitative estimate of drug-likeness (QED) is 0.936. The maximum absolute atomic E-state index is 4.66. The van der Waals surface area contributed by atoms with Crippen molar-refractivity contribution in [2.24, 2.45) is 0 Å². The molecule has 1 saturated heterocycles. The summed E-state index contributed by atoms with van der Waals surface area (Å²) >= 11 is 1.69. The van der Waals surface area contributed by atoms with Crippen molar-refractivity contribution in [3.05, 3.63) is 34.5 Å². The predicted octanol–water partition coefficient (Wildman–Crippen LogP) is 3.37. The fourth-order valence-electron chi connectivity index (χ4n) is 2.55. The third-order valence-corrected chi connectivity index (χ3v) is 4.37. The molecule has 1 aliphatic heterocycles. The second-order valence-electron chi connectivity index (χ2n) is 5.30. The van der Waals surface area contributed by atoms with Crippen LogP contribution >= 0.6 is 11.3 Å². The number of hydrogen-bond acceptors (Lipinski definition) is 5. The first kappa shape index (κ1) is 13.4. The van der Waals surface area contributed by atoms with Crippen LogP contribution < -0.4 is 10.2 Å². The van der Waals surface area contributed by atoms with E-state index < -0.39 is 0 Å². The van der Waals surface area contributed by atoms with Crippen molar-refractivity contribution in [3.63, 3.8) is 0 Å². The van der Waals surface area contributed by atoms with E-state index in [0.717, 1.165) is 36.3 Å². The Balaban J connectivity index is 1.72. The van der Waals surface area contributed by atoms with Gasteiger partial charge in [-0.3, -0.25) is 0 Å². The number of hydrogen-bond donors (Lipinski definition) is 1. The highest BCUT2D eigenvalue weighted by molar-refractivity contribution is 7.15. The van der Waals surface area contributed by atoms with Crippen LogP contribution in [-0.2, 0) is 6.54 Å². The van der Waals surface area contributed by atoms with Crippen LogP contribution in [0.5, 0.6) is 0 Å². The molecular weight excluding hydrogens is 268 g/mol. The molecule has 0 aromatic carbocycles. The summed E-state index contributed by atoms with van der Waals surface area (Å²) in [6, 6.07) is 4.35. The van der Waals surface area contributed by atoms with E-state index >= 15 is 0 Å². The van der Waals surface area contributed by atoms with Crippen molar-refractivity contribution in [1.82, 2.24) is 9.97 Å². The second kappa shape index (κ2) is 5.79. The predicted molar refractivity (Wildman–Crippen MR) is 84.6 cm³/mol. The minimum absolute atomic E-state index is 0.803. The molecular formula is C15H20N4S. The number of rotatable bonds is 4. The molecule has 2 aromatic rings. The Morgan fingerprint density at radius 2 is 2.05 bits per heavy atom. The Morgan fingerprint density at radius 3 is 2.75 bits per heavy atom. The Labute approximate surface area is 123 Å². The molecule has 0 amide bonds. The molecule has 3 heterocycles. The molecule has 0 saturated carbocycles. The van der Waals surface area contributed by atoms with Gasteiger partial charge in [0.2, 0.25) is 0 Å². The maximum atomic E-state index is 4.66. The van der Waals surface area contributed by atoms with Crippen LogP contribution in [0.4, 0.5) is 10.9 Å². The number of anilines is 2. The minimum atomic E-state index is 0.803. The van der Waals surface area contributed by atoms with Crippen molar-refractivity contribution < 1.29 is 0 Å². The Hall–Kier alpha value is -1.62. The van der Waals surface area contributed by atoms with Crippen molar-refractivity contribution >= 4 is 22.3 Å². The largest absolute Gasteiger partial charge is 0.357 e. The molecule has 106 valence electrons. The van der Waals surface area contributed by atoms with Gasteiger partial charge in [-0.1, -0.05) is 0 Å². The van der Waals surface area contributed by atoms with Crippen molar-refractivity contribution in [1.29, 1.82) is 0 Å². The molecule has 1 N–H and O–H groups in total. The molecule has 20 heavy (non-hydrogen) atoms. The molecule has 5 heteroatoms. The number of pyridine rings is 1. The van der Waals surface area contributed by atoms with Crippen LogP contribution in [0.15, 0.2) is 18.3 Å². The van der Waals surface area contributed by atoms with Gasteiger partial charge in [-0.2, -0.15) is 0 Å². The number of aromatic nitrogens is 2. The average molecular weight is 288 g/mol. The van der Waals surface area contributed by atoms with Gasteiger partial charge < -0.3 is 10.2 Å². The van der Waals surface area contributed by atoms with Crippen LogP contribution in [0.1, 0.15) is 29.0 Å². The lowest BCUT2D eigenvalue weighted by Gasteiger charge is -2.18. The van der Waals surface area contributed by atoms with E-state index in [-0.39, 0.29) is 0 Å². The zero-order valence-corrected chi connectivity index (χ0v) is 12.8. The van der Waals surface area contributed by atoms with Gasteiger partial charge in [0.05, 0.1) is 0 Å². The molecule has 3 rings (SSSR count).